The van der Waals surface area contributed by atoms with Crippen molar-refractivity contribution in [2.45, 2.75) is 13.8 Å². The van der Waals surface area contributed by atoms with Gasteiger partial charge in [-0.05, 0) is 50.2 Å². The molecule has 7 nitrogen and oxygen atoms in total. The van der Waals surface area contributed by atoms with Crippen LogP contribution in [0.1, 0.15) is 17.0 Å². The number of sulfonamides is 1. The smallest absolute Gasteiger partial charge is 0.260 e. The van der Waals surface area contributed by atoms with Gasteiger partial charge < -0.3 is 4.57 Å². The summed E-state index contributed by atoms with van der Waals surface area (Å²) in [4.78, 5) is 12.4. The van der Waals surface area contributed by atoms with Gasteiger partial charge >= 0.3 is 0 Å². The number of aromatic nitrogens is 1. The standard InChI is InChI=1S/C22H22Cl2N4O3S/c1-15-9-17(16(2)28(15)20-7-5-4-6-8-20)13-25-26-22(29)14-27(32(3,30)31)21-11-18(23)10-19(24)12-21/h4-13H,14H2,1-3H3,(H,26,29)/b25-13+. The van der Waals surface area contributed by atoms with Crippen LogP contribution in [0.3, 0.4) is 0 Å². The lowest BCUT2D eigenvalue weighted by Crippen LogP contribution is -2.39. The Hall–Kier alpha value is -2.81. The molecule has 2 aromatic carbocycles. The van der Waals surface area contributed by atoms with Gasteiger partial charge in [0.15, 0.2) is 0 Å². The Bertz CT molecular complexity index is 1250. The number of para-hydroxylation sites is 1. The Balaban J connectivity index is 1.75. The molecule has 0 aliphatic rings. The molecule has 32 heavy (non-hydrogen) atoms. The maximum Gasteiger partial charge on any atom is 0.260 e. The molecule has 10 heteroatoms. The van der Waals surface area contributed by atoms with E-state index >= 15 is 0 Å². The van der Waals surface area contributed by atoms with Crippen molar-refractivity contribution >= 4 is 51.0 Å². The van der Waals surface area contributed by atoms with Crippen molar-refractivity contribution in [2.24, 2.45) is 5.10 Å². The molecule has 3 aromatic rings. The van der Waals surface area contributed by atoms with Crippen molar-refractivity contribution in [3.63, 3.8) is 0 Å². The topological polar surface area (TPSA) is 83.8 Å². The van der Waals surface area contributed by atoms with Crippen molar-refractivity contribution < 1.29 is 13.2 Å². The Morgan fingerprint density at radius 1 is 1.09 bits per heavy atom. The second-order valence-corrected chi connectivity index (χ2v) is 9.97. The van der Waals surface area contributed by atoms with Gasteiger partial charge in [0.1, 0.15) is 6.54 Å². The second kappa shape index (κ2) is 9.77. The first kappa shape index (κ1) is 23.8. The molecule has 0 unspecified atom stereocenters. The predicted molar refractivity (Wildman–Crippen MR) is 130 cm³/mol. The largest absolute Gasteiger partial charge is 0.318 e. The van der Waals surface area contributed by atoms with Crippen LogP contribution in [-0.2, 0) is 14.8 Å². The minimum absolute atomic E-state index is 0.190. The number of rotatable bonds is 7. The summed E-state index contributed by atoms with van der Waals surface area (Å²) in [5.74, 6) is -0.611. The number of anilines is 1. The SMILES string of the molecule is Cc1cc(/C=N/NC(=O)CN(c2cc(Cl)cc(Cl)c2)S(C)(=O)=O)c(C)n1-c1ccccc1. The first-order valence-electron chi connectivity index (χ1n) is 9.56. The normalized spacial score (nSPS) is 11.7. The number of amides is 1. The lowest BCUT2D eigenvalue weighted by molar-refractivity contribution is -0.119. The minimum Gasteiger partial charge on any atom is -0.318 e. The highest BCUT2D eigenvalue weighted by Crippen LogP contribution is 2.27. The number of benzene rings is 2. The Kier molecular flexibility index (Phi) is 7.28. The summed E-state index contributed by atoms with van der Waals surface area (Å²) in [6.45, 7) is 3.46. The molecule has 0 radical (unpaired) electrons. The van der Waals surface area contributed by atoms with E-state index in [1.807, 2.05) is 50.2 Å². The fourth-order valence-electron chi connectivity index (χ4n) is 3.32. The van der Waals surface area contributed by atoms with E-state index in [0.717, 1.165) is 33.2 Å². The molecule has 1 amide bonds. The van der Waals surface area contributed by atoms with E-state index in [4.69, 9.17) is 23.2 Å². The van der Waals surface area contributed by atoms with Gasteiger partial charge in [-0.25, -0.2) is 13.8 Å². The summed E-state index contributed by atoms with van der Waals surface area (Å²) in [5, 5.41) is 4.52. The molecule has 3 rings (SSSR count). The molecule has 0 atom stereocenters. The number of hydrogen-bond donors (Lipinski definition) is 1. The van der Waals surface area contributed by atoms with Crippen LogP contribution in [0.4, 0.5) is 5.69 Å². The highest BCUT2D eigenvalue weighted by molar-refractivity contribution is 7.92. The van der Waals surface area contributed by atoms with Crippen molar-refractivity contribution in [2.75, 3.05) is 17.1 Å². The molecular weight excluding hydrogens is 471 g/mol. The minimum atomic E-state index is -3.76. The van der Waals surface area contributed by atoms with Crippen molar-refractivity contribution in [1.82, 2.24) is 9.99 Å². The fraction of sp³-hybridized carbons (Fsp3) is 0.182. The Labute approximate surface area is 197 Å². The summed E-state index contributed by atoms with van der Waals surface area (Å²) in [5.41, 5.74) is 6.39. The van der Waals surface area contributed by atoms with Crippen LogP contribution in [0.2, 0.25) is 10.0 Å². The highest BCUT2D eigenvalue weighted by atomic mass is 35.5. The maximum atomic E-state index is 12.4. The zero-order valence-electron chi connectivity index (χ0n) is 17.7. The van der Waals surface area contributed by atoms with Gasteiger partial charge in [-0.2, -0.15) is 5.10 Å². The number of carbonyl (C=O) groups excluding carboxylic acids is 1. The van der Waals surface area contributed by atoms with Gasteiger partial charge in [-0.1, -0.05) is 41.4 Å². The van der Waals surface area contributed by atoms with Crippen molar-refractivity contribution in [3.8, 4) is 5.69 Å². The summed E-state index contributed by atoms with van der Waals surface area (Å²) in [7, 11) is -3.76. The molecule has 0 saturated carbocycles. The van der Waals surface area contributed by atoms with Gasteiger partial charge in [0, 0.05) is 32.7 Å². The van der Waals surface area contributed by atoms with Crippen LogP contribution < -0.4 is 9.73 Å². The first-order valence-corrected chi connectivity index (χ1v) is 12.2. The lowest BCUT2D eigenvalue weighted by Gasteiger charge is -2.21. The summed E-state index contributed by atoms with van der Waals surface area (Å²) in [6, 6.07) is 16.2. The van der Waals surface area contributed by atoms with E-state index in [1.165, 1.54) is 24.4 Å². The number of halogens is 2. The molecule has 0 saturated heterocycles. The van der Waals surface area contributed by atoms with E-state index < -0.39 is 22.5 Å². The van der Waals surface area contributed by atoms with Gasteiger partial charge in [0.25, 0.3) is 5.91 Å². The average molecular weight is 493 g/mol. The van der Waals surface area contributed by atoms with Crippen molar-refractivity contribution in [3.05, 3.63) is 81.6 Å². The zero-order valence-corrected chi connectivity index (χ0v) is 20.0. The molecule has 0 aliphatic heterocycles. The predicted octanol–water partition coefficient (Wildman–Crippen LogP) is 4.32. The van der Waals surface area contributed by atoms with Crippen LogP contribution in [0, 0.1) is 13.8 Å². The van der Waals surface area contributed by atoms with E-state index in [1.54, 1.807) is 0 Å². The molecule has 1 aromatic heterocycles. The van der Waals surface area contributed by atoms with Crippen molar-refractivity contribution in [1.29, 1.82) is 0 Å². The Morgan fingerprint density at radius 2 is 1.72 bits per heavy atom. The van der Waals surface area contributed by atoms with E-state index in [2.05, 4.69) is 15.1 Å². The second-order valence-electron chi connectivity index (χ2n) is 7.19. The summed E-state index contributed by atoms with van der Waals surface area (Å²) >= 11 is 11.9. The molecular formula is C22H22Cl2N4O3S. The van der Waals surface area contributed by atoms with E-state index in [9.17, 15) is 13.2 Å². The first-order chi connectivity index (χ1) is 15.1. The quantitative estimate of drug-likeness (QED) is 0.393. The monoisotopic (exact) mass is 492 g/mol. The number of nitrogens with zero attached hydrogens (tertiary/aromatic N) is 3. The summed E-state index contributed by atoms with van der Waals surface area (Å²) < 4.78 is 27.4. The van der Waals surface area contributed by atoms with Gasteiger partial charge in [0.05, 0.1) is 18.2 Å². The van der Waals surface area contributed by atoms with Crippen LogP contribution in [0.25, 0.3) is 5.69 Å². The molecule has 0 fully saturated rings. The molecule has 168 valence electrons. The average Bonchev–Trinajstić information content (AvgIpc) is 2.98. The zero-order chi connectivity index (χ0) is 23.5. The molecule has 0 spiro atoms. The number of hydrazone groups is 1. The van der Waals surface area contributed by atoms with Crippen LogP contribution in [-0.4, -0.2) is 37.9 Å². The van der Waals surface area contributed by atoms with Gasteiger partial charge in [-0.15, -0.1) is 0 Å². The molecule has 0 bridgehead atoms. The maximum absolute atomic E-state index is 12.4. The highest BCUT2D eigenvalue weighted by Gasteiger charge is 2.21. The van der Waals surface area contributed by atoms with E-state index in [0.29, 0.717) is 0 Å². The van der Waals surface area contributed by atoms with Gasteiger partial charge in [0.2, 0.25) is 10.0 Å². The number of aryl methyl sites for hydroxylation is 1. The number of hydrogen-bond acceptors (Lipinski definition) is 4. The number of nitrogens with one attached hydrogen (secondary N) is 1. The van der Waals surface area contributed by atoms with Crippen LogP contribution in [0.5, 0.6) is 0 Å². The van der Waals surface area contributed by atoms with Crippen LogP contribution in [0.15, 0.2) is 59.7 Å². The fourth-order valence-corrected chi connectivity index (χ4v) is 4.67. The molecule has 0 aliphatic carbocycles. The van der Waals surface area contributed by atoms with Crippen LogP contribution >= 0.6 is 23.2 Å². The molecule has 1 heterocycles. The number of carbonyl (C=O) groups is 1. The van der Waals surface area contributed by atoms with Gasteiger partial charge in [-0.3, -0.25) is 9.10 Å². The Morgan fingerprint density at radius 3 is 2.31 bits per heavy atom. The van der Waals surface area contributed by atoms with E-state index in [-0.39, 0.29) is 15.7 Å². The summed E-state index contributed by atoms with van der Waals surface area (Å²) in [6.07, 6.45) is 2.53. The third kappa shape index (κ3) is 5.70. The molecule has 1 N–H and O–H groups in total. The third-order valence-corrected chi connectivity index (χ3v) is 6.28. The lowest BCUT2D eigenvalue weighted by atomic mass is 10.2. The third-order valence-electron chi connectivity index (χ3n) is 4.70.